The lowest BCUT2D eigenvalue weighted by Gasteiger charge is -2.05. The van der Waals surface area contributed by atoms with Gasteiger partial charge in [-0.1, -0.05) is 17.7 Å². The number of halogens is 2. The molecule has 0 unspecified atom stereocenters. The third-order valence-electron chi connectivity index (χ3n) is 3.25. The van der Waals surface area contributed by atoms with Crippen LogP contribution >= 0.6 is 11.6 Å². The molecule has 0 fully saturated rings. The van der Waals surface area contributed by atoms with Gasteiger partial charge in [-0.15, -0.1) is 0 Å². The number of fused-ring (bicyclic) bond motifs is 1. The Labute approximate surface area is 135 Å². The quantitative estimate of drug-likeness (QED) is 0.744. The normalized spacial score (nSPS) is 11.4. The zero-order valence-corrected chi connectivity index (χ0v) is 12.5. The van der Waals surface area contributed by atoms with Crippen LogP contribution in [0.2, 0.25) is 5.02 Å². The molecule has 0 bridgehead atoms. The van der Waals surface area contributed by atoms with E-state index in [0.29, 0.717) is 27.3 Å². The monoisotopic (exact) mass is 331 g/mol. The molecule has 1 aromatic carbocycles. The number of nitrogens with zero attached hydrogens (tertiary/aromatic N) is 3. The van der Waals surface area contributed by atoms with E-state index in [1.807, 2.05) is 0 Å². The standard InChI is InChI=1S/C16H11ClFN3O2/c17-11-4-3-10(12(18)8-11)9-21-14-2-1-7-19-16(14)13(20-21)5-6-15(22)23/h1-8H,9H2,(H,22,23). The van der Waals surface area contributed by atoms with Gasteiger partial charge in [0.25, 0.3) is 0 Å². The SMILES string of the molecule is O=C(O)C=Cc1nn(Cc2ccc(Cl)cc2F)c2cccnc12. The summed E-state index contributed by atoms with van der Waals surface area (Å²) in [7, 11) is 0. The molecule has 0 spiro atoms. The molecule has 0 aliphatic rings. The molecule has 3 rings (SSSR count). The summed E-state index contributed by atoms with van der Waals surface area (Å²) in [6.07, 6.45) is 3.95. The van der Waals surface area contributed by atoms with Gasteiger partial charge in [0, 0.05) is 22.9 Å². The van der Waals surface area contributed by atoms with Crippen LogP contribution in [-0.2, 0) is 11.3 Å². The van der Waals surface area contributed by atoms with Crippen LogP contribution in [0.1, 0.15) is 11.3 Å². The molecule has 0 amide bonds. The number of carboxylic acid groups (broad SMARTS) is 1. The van der Waals surface area contributed by atoms with Gasteiger partial charge in [-0.25, -0.2) is 9.18 Å². The molecule has 7 heteroatoms. The lowest BCUT2D eigenvalue weighted by atomic mass is 10.2. The molecule has 0 aliphatic heterocycles. The number of hydrogen-bond acceptors (Lipinski definition) is 3. The predicted molar refractivity (Wildman–Crippen MR) is 84.7 cm³/mol. The molecule has 1 N–H and O–H groups in total. The highest BCUT2D eigenvalue weighted by Crippen LogP contribution is 2.20. The minimum Gasteiger partial charge on any atom is -0.478 e. The van der Waals surface area contributed by atoms with Crippen LogP contribution in [0.15, 0.2) is 42.6 Å². The van der Waals surface area contributed by atoms with Gasteiger partial charge in [0.2, 0.25) is 0 Å². The van der Waals surface area contributed by atoms with E-state index in [-0.39, 0.29) is 6.54 Å². The number of carbonyl (C=O) groups is 1. The number of aliphatic carboxylic acids is 1. The van der Waals surface area contributed by atoms with E-state index in [4.69, 9.17) is 16.7 Å². The Morgan fingerprint density at radius 1 is 1.39 bits per heavy atom. The first kappa shape index (κ1) is 15.2. The van der Waals surface area contributed by atoms with Crippen LogP contribution < -0.4 is 0 Å². The molecular weight excluding hydrogens is 321 g/mol. The lowest BCUT2D eigenvalue weighted by Crippen LogP contribution is -2.04. The van der Waals surface area contributed by atoms with Crippen molar-refractivity contribution in [2.45, 2.75) is 6.54 Å². The summed E-state index contributed by atoms with van der Waals surface area (Å²) in [6, 6.07) is 7.97. The van der Waals surface area contributed by atoms with E-state index in [2.05, 4.69) is 10.1 Å². The Morgan fingerprint density at radius 3 is 2.96 bits per heavy atom. The molecule has 2 heterocycles. The number of carboxylic acids is 1. The van der Waals surface area contributed by atoms with Gasteiger partial charge in [0.05, 0.1) is 12.1 Å². The Bertz CT molecular complexity index is 921. The van der Waals surface area contributed by atoms with Gasteiger partial charge in [-0.3, -0.25) is 9.67 Å². The number of hydrogen-bond donors (Lipinski definition) is 1. The van der Waals surface area contributed by atoms with E-state index in [1.165, 1.54) is 12.1 Å². The second-order valence-corrected chi connectivity index (χ2v) is 5.26. The fourth-order valence-electron chi connectivity index (χ4n) is 2.23. The molecule has 3 aromatic rings. The van der Waals surface area contributed by atoms with Crippen molar-refractivity contribution in [3.63, 3.8) is 0 Å². The summed E-state index contributed by atoms with van der Waals surface area (Å²) in [4.78, 5) is 14.9. The fraction of sp³-hybridized carbons (Fsp3) is 0.0625. The fourth-order valence-corrected chi connectivity index (χ4v) is 2.39. The second-order valence-electron chi connectivity index (χ2n) is 4.82. The minimum atomic E-state index is -1.08. The van der Waals surface area contributed by atoms with E-state index in [0.717, 1.165) is 6.08 Å². The van der Waals surface area contributed by atoms with E-state index in [1.54, 1.807) is 35.1 Å². The van der Waals surface area contributed by atoms with Crippen LogP contribution in [0, 0.1) is 5.82 Å². The van der Waals surface area contributed by atoms with Crippen molar-refractivity contribution in [2.75, 3.05) is 0 Å². The first-order valence-electron chi connectivity index (χ1n) is 6.71. The summed E-state index contributed by atoms with van der Waals surface area (Å²) < 4.78 is 15.5. The maximum absolute atomic E-state index is 14.0. The van der Waals surface area contributed by atoms with Crippen LogP contribution in [0.25, 0.3) is 17.1 Å². The zero-order chi connectivity index (χ0) is 16.4. The Hall–Kier alpha value is -2.73. The van der Waals surface area contributed by atoms with Crippen molar-refractivity contribution in [1.29, 1.82) is 0 Å². The summed E-state index contributed by atoms with van der Waals surface area (Å²) in [5.74, 6) is -1.50. The molecular formula is C16H11ClFN3O2. The van der Waals surface area contributed by atoms with Crippen molar-refractivity contribution >= 4 is 34.7 Å². The largest absolute Gasteiger partial charge is 0.478 e. The van der Waals surface area contributed by atoms with Crippen LogP contribution in [0.3, 0.4) is 0 Å². The Balaban J connectivity index is 2.05. The van der Waals surface area contributed by atoms with Gasteiger partial charge < -0.3 is 5.11 Å². The number of aromatic nitrogens is 3. The summed E-state index contributed by atoms with van der Waals surface area (Å²) in [6.45, 7) is 0.187. The van der Waals surface area contributed by atoms with Crippen molar-refractivity contribution < 1.29 is 14.3 Å². The molecule has 23 heavy (non-hydrogen) atoms. The third-order valence-corrected chi connectivity index (χ3v) is 3.49. The van der Waals surface area contributed by atoms with Gasteiger partial charge in [0.1, 0.15) is 17.0 Å². The molecule has 116 valence electrons. The van der Waals surface area contributed by atoms with Crippen LogP contribution in [0.5, 0.6) is 0 Å². The molecule has 0 radical (unpaired) electrons. The van der Waals surface area contributed by atoms with Gasteiger partial charge in [0.15, 0.2) is 0 Å². The van der Waals surface area contributed by atoms with Crippen LogP contribution in [0.4, 0.5) is 4.39 Å². The molecule has 0 saturated heterocycles. The highest BCUT2D eigenvalue weighted by atomic mass is 35.5. The molecule has 0 aliphatic carbocycles. The smallest absolute Gasteiger partial charge is 0.328 e. The highest BCUT2D eigenvalue weighted by Gasteiger charge is 2.12. The Kier molecular flexibility index (Phi) is 4.08. The maximum Gasteiger partial charge on any atom is 0.328 e. The minimum absolute atomic E-state index is 0.187. The number of benzene rings is 1. The average molecular weight is 332 g/mol. The predicted octanol–water partition coefficient (Wildman–Crippen LogP) is 3.37. The third kappa shape index (κ3) is 3.22. The van der Waals surface area contributed by atoms with Gasteiger partial charge in [-0.05, 0) is 30.3 Å². The summed E-state index contributed by atoms with van der Waals surface area (Å²) in [5.41, 5.74) is 2.08. The zero-order valence-electron chi connectivity index (χ0n) is 11.8. The van der Waals surface area contributed by atoms with Gasteiger partial charge in [-0.2, -0.15) is 5.10 Å². The molecule has 5 nitrogen and oxygen atoms in total. The molecule has 2 aromatic heterocycles. The molecule has 0 saturated carbocycles. The van der Waals surface area contributed by atoms with Crippen molar-refractivity contribution in [1.82, 2.24) is 14.8 Å². The summed E-state index contributed by atoms with van der Waals surface area (Å²) in [5, 5.41) is 13.4. The van der Waals surface area contributed by atoms with E-state index < -0.39 is 11.8 Å². The number of rotatable bonds is 4. The first-order chi connectivity index (χ1) is 11.0. The number of pyridine rings is 1. The van der Waals surface area contributed by atoms with Crippen molar-refractivity contribution in [2.24, 2.45) is 0 Å². The second kappa shape index (κ2) is 6.18. The van der Waals surface area contributed by atoms with E-state index in [9.17, 15) is 9.18 Å². The highest BCUT2D eigenvalue weighted by molar-refractivity contribution is 6.30. The molecule has 0 atom stereocenters. The maximum atomic E-state index is 14.0. The topological polar surface area (TPSA) is 68.0 Å². The lowest BCUT2D eigenvalue weighted by molar-refractivity contribution is -0.131. The van der Waals surface area contributed by atoms with Crippen molar-refractivity contribution in [3.05, 3.63) is 64.7 Å². The van der Waals surface area contributed by atoms with Crippen LogP contribution in [-0.4, -0.2) is 25.8 Å². The van der Waals surface area contributed by atoms with E-state index >= 15 is 0 Å². The average Bonchev–Trinajstić information content (AvgIpc) is 2.86. The van der Waals surface area contributed by atoms with Crippen molar-refractivity contribution in [3.8, 4) is 0 Å². The van der Waals surface area contributed by atoms with Gasteiger partial charge >= 0.3 is 5.97 Å². The Morgan fingerprint density at radius 2 is 2.22 bits per heavy atom. The first-order valence-corrected chi connectivity index (χ1v) is 7.09. The summed E-state index contributed by atoms with van der Waals surface area (Å²) >= 11 is 5.75.